The zero-order valence-electron chi connectivity index (χ0n) is 18.1. The van der Waals surface area contributed by atoms with Crippen molar-refractivity contribution in [3.05, 3.63) is 76.1 Å². The highest BCUT2D eigenvalue weighted by Crippen LogP contribution is 2.23. The lowest BCUT2D eigenvalue weighted by molar-refractivity contribution is 0.0977. The van der Waals surface area contributed by atoms with Crippen LogP contribution < -0.4 is 15.4 Å². The molecule has 1 amide bonds. The van der Waals surface area contributed by atoms with E-state index in [9.17, 15) is 4.79 Å². The molecule has 0 saturated heterocycles. The third-order valence-corrected chi connectivity index (χ3v) is 5.27. The lowest BCUT2D eigenvalue weighted by Gasteiger charge is -2.15. The fraction of sp³-hybridized carbons (Fsp3) is 0.261. The molecule has 2 aromatic carbocycles. The first-order chi connectivity index (χ1) is 14.9. The zero-order valence-corrected chi connectivity index (χ0v) is 18.8. The van der Waals surface area contributed by atoms with E-state index < -0.39 is 0 Å². The Labute approximate surface area is 187 Å². The lowest BCUT2D eigenvalue weighted by Crippen LogP contribution is -2.36. The number of halogens is 1. The SMILES string of the molecule is CCn1nc(C)c(CN=C(NC(=O)c2ccccc2Cl)Nc2ccccc2OC)c1C. The third kappa shape index (κ3) is 5.24. The second-order valence-electron chi connectivity index (χ2n) is 6.89. The molecule has 0 unspecified atom stereocenters. The van der Waals surface area contributed by atoms with E-state index in [1.54, 1.807) is 31.4 Å². The van der Waals surface area contributed by atoms with Crippen molar-refractivity contribution in [3.63, 3.8) is 0 Å². The number of aliphatic imine (C=N–C) groups is 1. The molecule has 0 aliphatic carbocycles. The maximum Gasteiger partial charge on any atom is 0.259 e. The van der Waals surface area contributed by atoms with Crippen LogP contribution in [0.4, 0.5) is 5.69 Å². The van der Waals surface area contributed by atoms with Gasteiger partial charge in [-0.1, -0.05) is 35.9 Å². The largest absolute Gasteiger partial charge is 0.495 e. The van der Waals surface area contributed by atoms with Crippen LogP contribution in [0.5, 0.6) is 5.75 Å². The Bertz CT molecular complexity index is 1110. The quantitative estimate of drug-likeness (QED) is 0.435. The van der Waals surface area contributed by atoms with E-state index >= 15 is 0 Å². The molecule has 31 heavy (non-hydrogen) atoms. The van der Waals surface area contributed by atoms with E-state index in [-0.39, 0.29) is 11.9 Å². The summed E-state index contributed by atoms with van der Waals surface area (Å²) in [6.45, 7) is 7.17. The van der Waals surface area contributed by atoms with Gasteiger partial charge in [0, 0.05) is 17.8 Å². The van der Waals surface area contributed by atoms with Gasteiger partial charge in [0.1, 0.15) is 5.75 Å². The molecule has 1 heterocycles. The number of benzene rings is 2. The van der Waals surface area contributed by atoms with E-state index in [1.165, 1.54) is 0 Å². The van der Waals surface area contributed by atoms with Crippen molar-refractivity contribution in [1.82, 2.24) is 15.1 Å². The summed E-state index contributed by atoms with van der Waals surface area (Å²) in [6.07, 6.45) is 0. The molecule has 0 radical (unpaired) electrons. The van der Waals surface area contributed by atoms with Crippen molar-refractivity contribution < 1.29 is 9.53 Å². The number of rotatable bonds is 6. The Balaban J connectivity index is 1.92. The van der Waals surface area contributed by atoms with Crippen LogP contribution in [0.3, 0.4) is 0 Å². The number of aromatic nitrogens is 2. The van der Waals surface area contributed by atoms with Gasteiger partial charge in [0.05, 0.1) is 35.6 Å². The first-order valence-corrected chi connectivity index (χ1v) is 10.4. The maximum atomic E-state index is 12.9. The molecule has 3 rings (SSSR count). The number of para-hydroxylation sites is 2. The Kier molecular flexibility index (Phi) is 7.31. The molecule has 0 spiro atoms. The number of ether oxygens (including phenoxy) is 1. The smallest absolute Gasteiger partial charge is 0.259 e. The summed E-state index contributed by atoms with van der Waals surface area (Å²) in [5.74, 6) is 0.565. The number of nitrogens with one attached hydrogen (secondary N) is 2. The van der Waals surface area contributed by atoms with Crippen LogP contribution in [0.15, 0.2) is 53.5 Å². The summed E-state index contributed by atoms with van der Waals surface area (Å²) in [5, 5.41) is 10.9. The minimum Gasteiger partial charge on any atom is -0.495 e. The molecule has 0 bridgehead atoms. The standard InChI is InChI=1S/C23H26ClN5O2/c1-5-29-16(3)18(15(2)28-29)14-25-23(26-20-12-8-9-13-21(20)31-4)27-22(30)17-10-6-7-11-19(17)24/h6-13H,5,14H2,1-4H3,(H2,25,26,27,30). The number of methoxy groups -OCH3 is 1. The van der Waals surface area contributed by atoms with Gasteiger partial charge in [-0.15, -0.1) is 0 Å². The third-order valence-electron chi connectivity index (χ3n) is 4.94. The molecule has 3 aromatic rings. The molecule has 0 saturated carbocycles. The van der Waals surface area contributed by atoms with E-state index in [1.807, 2.05) is 49.7 Å². The van der Waals surface area contributed by atoms with Crippen LogP contribution in [0, 0.1) is 13.8 Å². The van der Waals surface area contributed by atoms with Gasteiger partial charge in [-0.05, 0) is 45.0 Å². The van der Waals surface area contributed by atoms with Gasteiger partial charge in [-0.25, -0.2) is 4.99 Å². The number of aryl methyl sites for hydroxylation is 2. The molecule has 0 aliphatic rings. The van der Waals surface area contributed by atoms with Gasteiger partial charge in [0.15, 0.2) is 0 Å². The van der Waals surface area contributed by atoms with Crippen LogP contribution in [0.1, 0.15) is 34.2 Å². The Morgan fingerprint density at radius 3 is 2.55 bits per heavy atom. The Morgan fingerprint density at radius 1 is 1.16 bits per heavy atom. The minimum atomic E-state index is -0.357. The second-order valence-corrected chi connectivity index (χ2v) is 7.30. The summed E-state index contributed by atoms with van der Waals surface area (Å²) in [7, 11) is 1.59. The first-order valence-electron chi connectivity index (χ1n) is 9.97. The predicted octanol–water partition coefficient (Wildman–Crippen LogP) is 4.58. The number of amides is 1. The molecule has 162 valence electrons. The van der Waals surface area contributed by atoms with E-state index in [2.05, 4.69) is 20.7 Å². The van der Waals surface area contributed by atoms with Gasteiger partial charge in [0.2, 0.25) is 5.96 Å². The van der Waals surface area contributed by atoms with Crippen LogP contribution in [0.2, 0.25) is 5.02 Å². The highest BCUT2D eigenvalue weighted by molar-refractivity contribution is 6.34. The first kappa shape index (κ1) is 22.4. The molecule has 0 fully saturated rings. The molecule has 0 atom stereocenters. The van der Waals surface area contributed by atoms with Gasteiger partial charge in [0.25, 0.3) is 5.91 Å². The topological polar surface area (TPSA) is 80.5 Å². The average Bonchev–Trinajstić information content (AvgIpc) is 3.05. The normalized spacial score (nSPS) is 11.3. The van der Waals surface area contributed by atoms with Gasteiger partial charge in [-0.3, -0.25) is 14.8 Å². The summed E-state index contributed by atoms with van der Waals surface area (Å²) < 4.78 is 7.35. The number of hydrogen-bond donors (Lipinski definition) is 2. The number of carbonyl (C=O) groups excluding carboxylic acids is 1. The van der Waals surface area contributed by atoms with Crippen LogP contribution in [-0.4, -0.2) is 28.8 Å². The summed E-state index contributed by atoms with van der Waals surface area (Å²) in [6, 6.07) is 14.3. The molecule has 2 N–H and O–H groups in total. The maximum absolute atomic E-state index is 12.9. The van der Waals surface area contributed by atoms with Crippen molar-refractivity contribution in [2.75, 3.05) is 12.4 Å². The fourth-order valence-corrected chi connectivity index (χ4v) is 3.46. The predicted molar refractivity (Wildman–Crippen MR) is 124 cm³/mol. The summed E-state index contributed by atoms with van der Waals surface area (Å²) in [4.78, 5) is 17.5. The van der Waals surface area contributed by atoms with Crippen LogP contribution >= 0.6 is 11.6 Å². The van der Waals surface area contributed by atoms with Crippen molar-refractivity contribution in [2.24, 2.45) is 4.99 Å². The van der Waals surface area contributed by atoms with Crippen molar-refractivity contribution >= 4 is 29.2 Å². The number of anilines is 1. The monoisotopic (exact) mass is 439 g/mol. The average molecular weight is 440 g/mol. The molecule has 0 aliphatic heterocycles. The van der Waals surface area contributed by atoms with E-state index in [4.69, 9.17) is 16.3 Å². The number of carbonyl (C=O) groups is 1. The molecular formula is C23H26ClN5O2. The number of nitrogens with zero attached hydrogens (tertiary/aromatic N) is 3. The highest BCUT2D eigenvalue weighted by atomic mass is 35.5. The number of hydrogen-bond acceptors (Lipinski definition) is 4. The fourth-order valence-electron chi connectivity index (χ4n) is 3.23. The molecular weight excluding hydrogens is 414 g/mol. The van der Waals surface area contributed by atoms with Gasteiger partial charge >= 0.3 is 0 Å². The highest BCUT2D eigenvalue weighted by Gasteiger charge is 2.15. The zero-order chi connectivity index (χ0) is 22.4. The van der Waals surface area contributed by atoms with Crippen LogP contribution in [-0.2, 0) is 13.1 Å². The van der Waals surface area contributed by atoms with Crippen molar-refractivity contribution in [2.45, 2.75) is 33.9 Å². The second kappa shape index (κ2) is 10.1. The van der Waals surface area contributed by atoms with Gasteiger partial charge in [-0.2, -0.15) is 5.10 Å². The van der Waals surface area contributed by atoms with Crippen molar-refractivity contribution in [1.29, 1.82) is 0 Å². The van der Waals surface area contributed by atoms with Crippen molar-refractivity contribution in [3.8, 4) is 5.75 Å². The molecule has 7 nitrogen and oxygen atoms in total. The lowest BCUT2D eigenvalue weighted by atomic mass is 10.2. The molecule has 1 aromatic heterocycles. The summed E-state index contributed by atoms with van der Waals surface area (Å²) >= 11 is 6.19. The van der Waals surface area contributed by atoms with Crippen LogP contribution in [0.25, 0.3) is 0 Å². The van der Waals surface area contributed by atoms with E-state index in [0.717, 1.165) is 23.5 Å². The molecule has 8 heteroatoms. The Hall–Kier alpha value is -3.32. The number of guanidine groups is 1. The summed E-state index contributed by atoms with van der Waals surface area (Å²) in [5.41, 5.74) is 4.04. The minimum absolute atomic E-state index is 0.289. The van der Waals surface area contributed by atoms with Gasteiger partial charge < -0.3 is 10.1 Å². The Morgan fingerprint density at radius 2 is 1.87 bits per heavy atom. The van der Waals surface area contributed by atoms with E-state index in [0.29, 0.717) is 28.6 Å².